The molecule has 0 radical (unpaired) electrons. The Balaban J connectivity index is 1.79. The Labute approximate surface area is 112 Å². The van der Waals surface area contributed by atoms with Crippen molar-refractivity contribution in [2.75, 3.05) is 6.61 Å². The predicted octanol–water partition coefficient (Wildman–Crippen LogP) is 4.02. The van der Waals surface area contributed by atoms with Crippen molar-refractivity contribution in [2.45, 2.75) is 64.4 Å². The molecular weight excluding hydrogens is 220 g/mol. The minimum Gasteiger partial charge on any atom is -0.374 e. The molecule has 0 amide bonds. The molecule has 1 heteroatoms. The summed E-state index contributed by atoms with van der Waals surface area (Å²) in [5, 5.41) is 0. The molecule has 0 spiro atoms. The third kappa shape index (κ3) is 1.90. The summed E-state index contributed by atoms with van der Waals surface area (Å²) in [5.74, 6) is 5.37. The summed E-state index contributed by atoms with van der Waals surface area (Å²) in [6, 6.07) is 0. The van der Waals surface area contributed by atoms with Gasteiger partial charge in [-0.15, -0.1) is 12.3 Å². The van der Waals surface area contributed by atoms with Gasteiger partial charge in [0.2, 0.25) is 0 Å². The summed E-state index contributed by atoms with van der Waals surface area (Å²) < 4.78 is 6.32. The van der Waals surface area contributed by atoms with Crippen molar-refractivity contribution >= 4 is 0 Å². The Morgan fingerprint density at radius 2 is 1.89 bits per heavy atom. The van der Waals surface area contributed by atoms with E-state index in [9.17, 15) is 0 Å². The highest BCUT2D eigenvalue weighted by Crippen LogP contribution is 2.65. The van der Waals surface area contributed by atoms with Crippen molar-refractivity contribution < 1.29 is 4.74 Å². The first-order valence-corrected chi connectivity index (χ1v) is 7.65. The SMILES string of the molecule is C#CCCOC12C[C@H]3C[C@@H](C1)CC(C(C)C)(C3)C2. The zero-order chi connectivity index (χ0) is 12.8. The standard InChI is InChI=1S/C17H26O/c1-4-5-6-18-17-10-14-7-15(11-17)9-16(8-14,12-17)13(2)3/h1,13-15H,5-12H2,2-3H3/t14-,15+,16?,17?. The van der Waals surface area contributed by atoms with Crippen molar-refractivity contribution in [3.63, 3.8) is 0 Å². The van der Waals surface area contributed by atoms with E-state index in [4.69, 9.17) is 11.2 Å². The van der Waals surface area contributed by atoms with Crippen LogP contribution in [0, 0.1) is 35.5 Å². The molecule has 4 fully saturated rings. The van der Waals surface area contributed by atoms with E-state index < -0.39 is 0 Å². The summed E-state index contributed by atoms with van der Waals surface area (Å²) in [5.41, 5.74) is 0.783. The van der Waals surface area contributed by atoms with E-state index in [1.165, 1.54) is 38.5 Å². The highest BCUT2D eigenvalue weighted by molar-refractivity contribution is 5.10. The van der Waals surface area contributed by atoms with Crippen LogP contribution in [0.4, 0.5) is 0 Å². The van der Waals surface area contributed by atoms with Gasteiger partial charge in [-0.2, -0.15) is 0 Å². The maximum atomic E-state index is 6.32. The monoisotopic (exact) mass is 246 g/mol. The maximum absolute atomic E-state index is 6.32. The molecule has 4 aliphatic rings. The molecular formula is C17H26O. The summed E-state index contributed by atoms with van der Waals surface area (Å²) in [6.07, 6.45) is 14.4. The van der Waals surface area contributed by atoms with Gasteiger partial charge in [0.15, 0.2) is 0 Å². The second-order valence-corrected chi connectivity index (χ2v) is 7.46. The van der Waals surface area contributed by atoms with Gasteiger partial charge in [-0.3, -0.25) is 0 Å². The topological polar surface area (TPSA) is 9.23 Å². The molecule has 0 aliphatic heterocycles. The molecule has 0 saturated heterocycles. The quantitative estimate of drug-likeness (QED) is 0.538. The summed E-state index contributed by atoms with van der Waals surface area (Å²) in [4.78, 5) is 0. The van der Waals surface area contributed by atoms with Crippen molar-refractivity contribution in [3.05, 3.63) is 0 Å². The number of rotatable bonds is 4. The minimum absolute atomic E-state index is 0.200. The smallest absolute Gasteiger partial charge is 0.0693 e. The third-order valence-electron chi connectivity index (χ3n) is 5.93. The fraction of sp³-hybridized carbons (Fsp3) is 0.882. The summed E-state index contributed by atoms with van der Waals surface area (Å²) in [7, 11) is 0. The van der Waals surface area contributed by atoms with Crippen molar-refractivity contribution in [1.82, 2.24) is 0 Å². The summed E-state index contributed by atoms with van der Waals surface area (Å²) >= 11 is 0. The van der Waals surface area contributed by atoms with E-state index in [1.807, 2.05) is 0 Å². The van der Waals surface area contributed by atoms with Gasteiger partial charge in [-0.05, 0) is 61.7 Å². The minimum atomic E-state index is 0.200. The van der Waals surface area contributed by atoms with Crippen LogP contribution in [0.3, 0.4) is 0 Å². The van der Waals surface area contributed by atoms with Gasteiger partial charge in [0.05, 0.1) is 12.2 Å². The van der Waals surface area contributed by atoms with Crippen molar-refractivity contribution in [3.8, 4) is 12.3 Å². The van der Waals surface area contributed by atoms with Crippen LogP contribution in [0.25, 0.3) is 0 Å². The van der Waals surface area contributed by atoms with Crippen LogP contribution in [0.5, 0.6) is 0 Å². The second-order valence-electron chi connectivity index (χ2n) is 7.46. The molecule has 0 aromatic rings. The fourth-order valence-electron chi connectivity index (χ4n) is 5.42. The molecule has 0 N–H and O–H groups in total. The zero-order valence-corrected chi connectivity index (χ0v) is 11.9. The lowest BCUT2D eigenvalue weighted by atomic mass is 9.45. The predicted molar refractivity (Wildman–Crippen MR) is 74.1 cm³/mol. The highest BCUT2D eigenvalue weighted by Gasteiger charge is 2.59. The number of hydrogen-bond donors (Lipinski definition) is 0. The Hall–Kier alpha value is -0.480. The van der Waals surface area contributed by atoms with Crippen LogP contribution < -0.4 is 0 Å². The van der Waals surface area contributed by atoms with Gasteiger partial charge in [-0.25, -0.2) is 0 Å². The van der Waals surface area contributed by atoms with Crippen LogP contribution in [0.1, 0.15) is 58.8 Å². The van der Waals surface area contributed by atoms with Crippen LogP contribution in [-0.4, -0.2) is 12.2 Å². The summed E-state index contributed by atoms with van der Waals surface area (Å²) in [6.45, 7) is 5.61. The van der Waals surface area contributed by atoms with E-state index in [2.05, 4.69) is 19.8 Å². The second kappa shape index (κ2) is 4.27. The van der Waals surface area contributed by atoms with Gasteiger partial charge >= 0.3 is 0 Å². The number of ether oxygens (including phenoxy) is 1. The Bertz CT molecular complexity index is 348. The largest absolute Gasteiger partial charge is 0.374 e. The average molecular weight is 246 g/mol. The molecule has 0 aromatic carbocycles. The molecule has 100 valence electrons. The Kier molecular flexibility index (Phi) is 2.98. The van der Waals surface area contributed by atoms with Gasteiger partial charge in [0.1, 0.15) is 0 Å². The molecule has 4 atom stereocenters. The molecule has 1 nitrogen and oxygen atoms in total. The third-order valence-corrected chi connectivity index (χ3v) is 5.93. The van der Waals surface area contributed by atoms with Crippen molar-refractivity contribution in [2.24, 2.45) is 23.2 Å². The molecule has 4 bridgehead atoms. The van der Waals surface area contributed by atoms with Gasteiger partial charge in [-0.1, -0.05) is 13.8 Å². The van der Waals surface area contributed by atoms with E-state index >= 15 is 0 Å². The molecule has 0 heterocycles. The Morgan fingerprint density at radius 3 is 2.44 bits per heavy atom. The van der Waals surface area contributed by atoms with Crippen molar-refractivity contribution in [1.29, 1.82) is 0 Å². The number of hydrogen-bond acceptors (Lipinski definition) is 1. The van der Waals surface area contributed by atoms with E-state index in [-0.39, 0.29) is 5.60 Å². The van der Waals surface area contributed by atoms with Gasteiger partial charge < -0.3 is 4.74 Å². The van der Waals surface area contributed by atoms with Crippen LogP contribution in [0.2, 0.25) is 0 Å². The fourth-order valence-corrected chi connectivity index (χ4v) is 5.42. The lowest BCUT2D eigenvalue weighted by Crippen LogP contribution is -2.58. The lowest BCUT2D eigenvalue weighted by Gasteiger charge is -2.63. The zero-order valence-electron chi connectivity index (χ0n) is 11.9. The van der Waals surface area contributed by atoms with E-state index in [1.54, 1.807) is 0 Å². The molecule has 4 rings (SSSR count). The number of terminal acetylenes is 1. The van der Waals surface area contributed by atoms with E-state index in [0.717, 1.165) is 30.8 Å². The maximum Gasteiger partial charge on any atom is 0.0693 e. The van der Waals surface area contributed by atoms with Gasteiger partial charge in [0, 0.05) is 6.42 Å². The average Bonchev–Trinajstić information content (AvgIpc) is 2.27. The lowest BCUT2D eigenvalue weighted by molar-refractivity contribution is -0.202. The molecule has 4 saturated carbocycles. The van der Waals surface area contributed by atoms with Crippen LogP contribution in [0.15, 0.2) is 0 Å². The first kappa shape index (κ1) is 12.5. The first-order valence-electron chi connectivity index (χ1n) is 7.65. The molecule has 2 unspecified atom stereocenters. The van der Waals surface area contributed by atoms with Crippen LogP contribution in [-0.2, 0) is 4.74 Å². The molecule has 4 aliphatic carbocycles. The highest BCUT2D eigenvalue weighted by atomic mass is 16.5. The first-order chi connectivity index (χ1) is 8.57. The van der Waals surface area contributed by atoms with E-state index in [0.29, 0.717) is 5.41 Å². The van der Waals surface area contributed by atoms with Gasteiger partial charge in [0.25, 0.3) is 0 Å². The van der Waals surface area contributed by atoms with Crippen LogP contribution >= 0.6 is 0 Å². The Morgan fingerprint density at radius 1 is 1.22 bits per heavy atom. The normalized spacial score (nSPS) is 45.4. The molecule has 18 heavy (non-hydrogen) atoms. The molecule has 0 aromatic heterocycles.